The third-order valence-electron chi connectivity index (χ3n) is 4.42. The summed E-state index contributed by atoms with van der Waals surface area (Å²) >= 11 is 1.06. The molecule has 0 bridgehead atoms. The van der Waals surface area contributed by atoms with Gasteiger partial charge in [0.15, 0.2) is 4.91 Å². The van der Waals surface area contributed by atoms with Gasteiger partial charge >= 0.3 is 0 Å². The molecule has 0 aliphatic carbocycles. The summed E-state index contributed by atoms with van der Waals surface area (Å²) in [6.45, 7) is -0.195. The van der Waals surface area contributed by atoms with Gasteiger partial charge in [0.2, 0.25) is 5.78 Å². The van der Waals surface area contributed by atoms with Gasteiger partial charge in [-0.3, -0.25) is 9.10 Å². The molecule has 1 aromatic heterocycles. The lowest BCUT2D eigenvalue weighted by Gasteiger charge is -2.29. The van der Waals surface area contributed by atoms with Crippen molar-refractivity contribution >= 4 is 38.5 Å². The zero-order valence-electron chi connectivity index (χ0n) is 15.1. The quantitative estimate of drug-likeness (QED) is 0.588. The molecule has 0 atom stereocenters. The van der Waals surface area contributed by atoms with E-state index < -0.39 is 38.2 Å². The lowest BCUT2D eigenvalue weighted by molar-refractivity contribution is 0.104. The predicted molar refractivity (Wildman–Crippen MR) is 108 cm³/mol. The molecule has 0 amide bonds. The Kier molecular flexibility index (Phi) is 5.12. The van der Waals surface area contributed by atoms with Crippen LogP contribution in [-0.4, -0.2) is 14.2 Å². The van der Waals surface area contributed by atoms with Crippen LogP contribution in [0.4, 0.5) is 24.5 Å². The van der Waals surface area contributed by atoms with E-state index >= 15 is 0 Å². The van der Waals surface area contributed by atoms with Crippen LogP contribution in [0.1, 0.15) is 15.2 Å². The molecular formula is C20H13F3N2O3S2. The molecule has 30 heavy (non-hydrogen) atoms. The molecule has 5 nitrogen and oxygen atoms in total. The smallest absolute Gasteiger partial charge is 0.270 e. The van der Waals surface area contributed by atoms with Crippen molar-refractivity contribution in [2.45, 2.75) is 6.54 Å². The Morgan fingerprint density at radius 1 is 1.03 bits per heavy atom. The molecular weight excluding hydrogens is 437 g/mol. The van der Waals surface area contributed by atoms with E-state index in [1.807, 2.05) is 0 Å². The average molecular weight is 450 g/mol. The van der Waals surface area contributed by atoms with Crippen molar-refractivity contribution in [2.24, 2.45) is 0 Å². The van der Waals surface area contributed by atoms with E-state index in [4.69, 9.17) is 0 Å². The van der Waals surface area contributed by atoms with Crippen molar-refractivity contribution in [3.63, 3.8) is 0 Å². The Balaban J connectivity index is 1.75. The zero-order chi connectivity index (χ0) is 21.5. The average Bonchev–Trinajstić information content (AvgIpc) is 3.16. The van der Waals surface area contributed by atoms with E-state index in [1.54, 1.807) is 11.4 Å². The number of benzene rings is 2. The number of fused-ring (bicyclic) bond motifs is 1. The van der Waals surface area contributed by atoms with Crippen molar-refractivity contribution in [3.8, 4) is 0 Å². The predicted octanol–water partition coefficient (Wildman–Crippen LogP) is 4.65. The first-order valence-electron chi connectivity index (χ1n) is 8.58. The number of ketones is 1. The van der Waals surface area contributed by atoms with Gasteiger partial charge in [0.25, 0.3) is 10.0 Å². The van der Waals surface area contributed by atoms with Gasteiger partial charge in [-0.05, 0) is 41.3 Å². The number of halogens is 3. The second kappa shape index (κ2) is 7.62. The highest BCUT2D eigenvalue weighted by Crippen LogP contribution is 2.39. The van der Waals surface area contributed by atoms with E-state index in [-0.39, 0.29) is 22.8 Å². The van der Waals surface area contributed by atoms with Gasteiger partial charge in [0.05, 0.1) is 17.9 Å². The topological polar surface area (TPSA) is 66.5 Å². The van der Waals surface area contributed by atoms with E-state index in [0.29, 0.717) is 11.6 Å². The summed E-state index contributed by atoms with van der Waals surface area (Å²) in [4.78, 5) is 12.4. The Morgan fingerprint density at radius 2 is 1.80 bits per heavy atom. The summed E-state index contributed by atoms with van der Waals surface area (Å²) in [7, 11) is -4.33. The monoisotopic (exact) mass is 450 g/mol. The Morgan fingerprint density at radius 3 is 2.53 bits per heavy atom. The molecule has 0 spiro atoms. The van der Waals surface area contributed by atoms with Crippen LogP contribution in [0.2, 0.25) is 0 Å². The van der Waals surface area contributed by atoms with Crippen LogP contribution < -0.4 is 9.62 Å². The second-order valence-electron chi connectivity index (χ2n) is 6.38. The first-order valence-corrected chi connectivity index (χ1v) is 10.9. The zero-order valence-corrected chi connectivity index (χ0v) is 16.7. The third-order valence-corrected chi connectivity index (χ3v) is 7.08. The summed E-state index contributed by atoms with van der Waals surface area (Å²) < 4.78 is 67.9. The van der Waals surface area contributed by atoms with E-state index in [1.165, 1.54) is 24.3 Å². The lowest BCUT2D eigenvalue weighted by atomic mass is 10.2. The maximum Gasteiger partial charge on any atom is 0.270 e. The van der Waals surface area contributed by atoms with Crippen LogP contribution in [0.3, 0.4) is 0 Å². The van der Waals surface area contributed by atoms with Crippen LogP contribution in [-0.2, 0) is 16.6 Å². The maximum absolute atomic E-state index is 13.9. The van der Waals surface area contributed by atoms with Crippen LogP contribution in [0.25, 0.3) is 0 Å². The van der Waals surface area contributed by atoms with Crippen molar-refractivity contribution in [1.82, 2.24) is 0 Å². The minimum Gasteiger partial charge on any atom is -0.358 e. The number of carbonyl (C=O) groups excluding carboxylic acids is 1. The fourth-order valence-electron chi connectivity index (χ4n) is 3.01. The largest absolute Gasteiger partial charge is 0.358 e. The van der Waals surface area contributed by atoms with Crippen molar-refractivity contribution in [1.29, 1.82) is 0 Å². The Labute approximate surface area is 174 Å². The van der Waals surface area contributed by atoms with E-state index in [2.05, 4.69) is 5.32 Å². The molecule has 0 saturated heterocycles. The minimum atomic E-state index is -4.33. The molecule has 0 saturated carbocycles. The van der Waals surface area contributed by atoms with Gasteiger partial charge in [-0.25, -0.2) is 21.6 Å². The van der Waals surface area contributed by atoms with E-state index in [9.17, 15) is 26.4 Å². The Bertz CT molecular complexity index is 1290. The van der Waals surface area contributed by atoms with Crippen molar-refractivity contribution in [3.05, 3.63) is 92.9 Å². The normalized spacial score (nSPS) is 16.6. The molecule has 10 heteroatoms. The lowest BCUT2D eigenvalue weighted by Crippen LogP contribution is -2.38. The highest BCUT2D eigenvalue weighted by atomic mass is 32.2. The maximum atomic E-state index is 13.9. The summed E-state index contributed by atoms with van der Waals surface area (Å²) in [5, 5.41) is 4.00. The van der Waals surface area contributed by atoms with Crippen molar-refractivity contribution in [2.75, 3.05) is 9.62 Å². The van der Waals surface area contributed by atoms with Gasteiger partial charge in [-0.2, -0.15) is 0 Å². The number of thiophene rings is 1. The number of allylic oxidation sites excluding steroid dienone is 1. The summed E-state index contributed by atoms with van der Waals surface area (Å²) in [5.74, 6) is -3.00. The number of sulfonamides is 1. The highest BCUT2D eigenvalue weighted by molar-refractivity contribution is 7.97. The summed E-state index contributed by atoms with van der Waals surface area (Å²) in [5.41, 5.74) is 0.391. The molecule has 0 fully saturated rings. The van der Waals surface area contributed by atoms with Gasteiger partial charge in [0.1, 0.15) is 22.3 Å². The fraction of sp³-hybridized carbons (Fsp3) is 0.0500. The third kappa shape index (κ3) is 3.59. The molecule has 1 N–H and O–H groups in total. The molecule has 3 aromatic rings. The molecule has 4 rings (SSSR count). The molecule has 2 aromatic carbocycles. The molecule has 2 heterocycles. The number of Topliss-reactive ketones (excluding diaryl/α,β-unsaturated/α-hetero) is 1. The highest BCUT2D eigenvalue weighted by Gasteiger charge is 2.41. The van der Waals surface area contributed by atoms with Gasteiger partial charge < -0.3 is 5.32 Å². The molecule has 154 valence electrons. The van der Waals surface area contributed by atoms with Gasteiger partial charge in [-0.1, -0.05) is 12.1 Å². The Hall–Kier alpha value is -3.11. The van der Waals surface area contributed by atoms with Crippen LogP contribution in [0.15, 0.2) is 65.0 Å². The van der Waals surface area contributed by atoms with Gasteiger partial charge in [-0.15, -0.1) is 11.3 Å². The SMILES string of the molecule is O=C1/C(=C/Nc2ccc(F)cc2F)S(=O)(=O)N(Cc2cccc(F)c2)c2ccsc21. The van der Waals surface area contributed by atoms with Crippen LogP contribution >= 0.6 is 11.3 Å². The number of anilines is 2. The minimum absolute atomic E-state index is 0.189. The second-order valence-corrected chi connectivity index (χ2v) is 9.13. The first kappa shape index (κ1) is 20.2. The first-order chi connectivity index (χ1) is 14.3. The molecule has 0 radical (unpaired) electrons. The number of carbonyl (C=O) groups is 1. The van der Waals surface area contributed by atoms with Crippen LogP contribution in [0, 0.1) is 17.5 Å². The van der Waals surface area contributed by atoms with E-state index in [0.717, 1.165) is 34.0 Å². The summed E-state index contributed by atoms with van der Waals surface area (Å²) in [6, 6.07) is 9.67. The summed E-state index contributed by atoms with van der Waals surface area (Å²) in [6.07, 6.45) is 0.884. The number of hydrogen-bond donors (Lipinski definition) is 1. The van der Waals surface area contributed by atoms with Crippen LogP contribution in [0.5, 0.6) is 0 Å². The number of hydrogen-bond acceptors (Lipinski definition) is 5. The number of nitrogens with one attached hydrogen (secondary N) is 1. The number of nitrogens with zero attached hydrogens (tertiary/aromatic N) is 1. The molecule has 1 aliphatic heterocycles. The molecule has 1 aliphatic rings. The fourth-order valence-corrected chi connectivity index (χ4v) is 5.49. The standard InChI is InChI=1S/C20H13F3N2O3S2/c21-13-3-1-2-12(8-13)11-25-17-6-7-29-20(17)19(26)18(30(25,27)28)10-24-16-5-4-14(22)9-15(16)23/h1-10,24H,11H2/b18-10-. The molecule has 0 unspecified atom stereocenters. The van der Waals surface area contributed by atoms with Gasteiger partial charge in [0, 0.05) is 12.3 Å². The van der Waals surface area contributed by atoms with Crippen molar-refractivity contribution < 1.29 is 26.4 Å². The number of rotatable bonds is 4.